The average Bonchev–Trinajstić information content (AvgIpc) is 3.39. The van der Waals surface area contributed by atoms with Crippen molar-refractivity contribution in [2.45, 2.75) is 93.5 Å². The summed E-state index contributed by atoms with van der Waals surface area (Å²) >= 11 is 0. The molecule has 0 bridgehead atoms. The number of nitrogens with zero attached hydrogens (tertiary/aromatic N) is 1. The van der Waals surface area contributed by atoms with E-state index in [1.165, 1.54) is 18.4 Å². The summed E-state index contributed by atoms with van der Waals surface area (Å²) < 4.78 is 5.18. The van der Waals surface area contributed by atoms with Crippen molar-refractivity contribution in [1.29, 1.82) is 0 Å². The molecule has 3 aromatic carbocycles. The fourth-order valence-electron chi connectivity index (χ4n) is 5.60. The molecule has 8 heteroatoms. The number of benzene rings is 3. The number of fused-ring (bicyclic) bond motifs is 3. The number of ether oxygens (including phenoxy) is 1. The van der Waals surface area contributed by atoms with Crippen LogP contribution in [0.3, 0.4) is 0 Å². The SMILES string of the molecule is CC.CC(=NCc1cccc(C)c1)C1=C(O)CC(C)(C)CC1=O.CCCC.O=C(O)CNC(=O)OCC1c2ccccc2-c2ccccc21. The standard InChI is InChI=1S/C18H23NO2.C17H15NO4.C4H10.C2H6/c1-12-6-5-7-14(8-12)11-19-13(2)17-15(20)9-18(3,4)10-16(17)21;19-16(20)9-18-17(21)22-10-15-13-7-3-1-5-11(13)12-6-2-4-8-14(12)15;1-3-4-2;1-2/h5-8,20H,9-11H2,1-4H3;1-8,15H,9-10H2,(H,18,21)(H,19,20);3-4H2,1-2H3;1-2H3. The van der Waals surface area contributed by atoms with E-state index in [0.717, 1.165) is 27.8 Å². The van der Waals surface area contributed by atoms with Gasteiger partial charge < -0.3 is 20.3 Å². The molecule has 5 rings (SSSR count). The monoisotopic (exact) mass is 670 g/mol. The Kier molecular flexibility index (Phi) is 16.5. The van der Waals surface area contributed by atoms with Crippen LogP contribution in [0.1, 0.15) is 102 Å². The highest BCUT2D eigenvalue weighted by Gasteiger charge is 2.34. The number of nitrogens with one attached hydrogen (secondary N) is 1. The highest BCUT2D eigenvalue weighted by atomic mass is 16.5. The smallest absolute Gasteiger partial charge is 0.407 e. The molecule has 3 aromatic rings. The minimum atomic E-state index is -1.10. The number of aliphatic hydroxyl groups excluding tert-OH is 1. The lowest BCUT2D eigenvalue weighted by Crippen LogP contribution is -2.30. The first-order chi connectivity index (χ1) is 23.4. The number of ketones is 1. The van der Waals surface area contributed by atoms with Crippen molar-refractivity contribution in [2.24, 2.45) is 10.4 Å². The Morgan fingerprint density at radius 1 is 0.918 bits per heavy atom. The predicted molar refractivity (Wildman–Crippen MR) is 198 cm³/mol. The summed E-state index contributed by atoms with van der Waals surface area (Å²) in [6.07, 6.45) is 2.92. The van der Waals surface area contributed by atoms with Crippen molar-refractivity contribution in [3.63, 3.8) is 0 Å². The molecule has 49 heavy (non-hydrogen) atoms. The first kappa shape index (κ1) is 40.5. The third kappa shape index (κ3) is 12.3. The molecule has 0 saturated heterocycles. The number of carbonyl (C=O) groups excluding carboxylic acids is 2. The maximum absolute atomic E-state index is 12.2. The van der Waals surface area contributed by atoms with Crippen LogP contribution < -0.4 is 5.32 Å². The molecular formula is C41H54N2O6. The van der Waals surface area contributed by atoms with Crippen LogP contribution in [0.4, 0.5) is 4.79 Å². The van der Waals surface area contributed by atoms with E-state index >= 15 is 0 Å². The van der Waals surface area contributed by atoms with Crippen molar-refractivity contribution >= 4 is 23.6 Å². The van der Waals surface area contributed by atoms with Gasteiger partial charge in [-0.25, -0.2) is 4.79 Å². The number of hydrogen-bond donors (Lipinski definition) is 3. The quantitative estimate of drug-likeness (QED) is 0.205. The number of rotatable bonds is 8. The summed E-state index contributed by atoms with van der Waals surface area (Å²) in [5.41, 5.74) is 7.73. The second-order valence-corrected chi connectivity index (χ2v) is 12.7. The van der Waals surface area contributed by atoms with Crippen LogP contribution in [0.2, 0.25) is 0 Å². The van der Waals surface area contributed by atoms with E-state index in [4.69, 9.17) is 9.84 Å². The highest BCUT2D eigenvalue weighted by molar-refractivity contribution is 6.22. The number of aryl methyl sites for hydroxylation is 1. The zero-order valence-corrected chi connectivity index (χ0v) is 30.4. The normalized spacial score (nSPS) is 14.4. The van der Waals surface area contributed by atoms with E-state index in [1.807, 2.05) is 89.2 Å². The number of allylic oxidation sites excluding steroid dienone is 2. The molecule has 264 valence electrons. The van der Waals surface area contributed by atoms with E-state index in [2.05, 4.69) is 42.4 Å². The number of aliphatic imine (C=N–C) groups is 1. The fraction of sp³-hybridized carbons (Fsp3) is 0.415. The van der Waals surface area contributed by atoms with Gasteiger partial charge >= 0.3 is 12.1 Å². The Bertz CT molecular complexity index is 1570. The lowest BCUT2D eigenvalue weighted by atomic mass is 9.76. The molecule has 0 unspecified atom stereocenters. The largest absolute Gasteiger partial charge is 0.511 e. The molecule has 3 N–H and O–H groups in total. The van der Waals surface area contributed by atoms with Crippen molar-refractivity contribution in [3.05, 3.63) is 106 Å². The van der Waals surface area contributed by atoms with Gasteiger partial charge in [0.05, 0.1) is 12.1 Å². The van der Waals surface area contributed by atoms with Gasteiger partial charge in [-0.05, 0) is 47.1 Å². The van der Waals surface area contributed by atoms with Gasteiger partial charge in [-0.15, -0.1) is 0 Å². The minimum absolute atomic E-state index is 0.00533. The number of carboxylic acid groups (broad SMARTS) is 1. The third-order valence-corrected chi connectivity index (χ3v) is 8.02. The number of carboxylic acids is 1. The average molecular weight is 671 g/mol. The van der Waals surface area contributed by atoms with Gasteiger partial charge in [0.15, 0.2) is 5.78 Å². The van der Waals surface area contributed by atoms with Crippen LogP contribution in [0, 0.1) is 12.3 Å². The number of aliphatic carboxylic acids is 1. The summed E-state index contributed by atoms with van der Waals surface area (Å²) in [7, 11) is 0. The van der Waals surface area contributed by atoms with E-state index < -0.39 is 18.6 Å². The Labute approximate surface area is 292 Å². The van der Waals surface area contributed by atoms with Crippen molar-refractivity contribution in [1.82, 2.24) is 5.32 Å². The van der Waals surface area contributed by atoms with E-state index in [9.17, 15) is 19.5 Å². The fourth-order valence-corrected chi connectivity index (χ4v) is 5.60. The third-order valence-electron chi connectivity index (χ3n) is 8.02. The van der Waals surface area contributed by atoms with Crippen LogP contribution in [0.5, 0.6) is 0 Å². The van der Waals surface area contributed by atoms with Crippen molar-refractivity contribution in [2.75, 3.05) is 13.2 Å². The molecule has 0 atom stereocenters. The Morgan fingerprint density at radius 2 is 1.49 bits per heavy atom. The molecule has 0 heterocycles. The Morgan fingerprint density at radius 3 is 2.00 bits per heavy atom. The van der Waals surface area contributed by atoms with Crippen LogP contribution in [-0.4, -0.2) is 46.9 Å². The molecule has 2 aliphatic rings. The molecule has 0 radical (unpaired) electrons. The van der Waals surface area contributed by atoms with Crippen LogP contribution >= 0.6 is 0 Å². The summed E-state index contributed by atoms with van der Waals surface area (Å²) in [4.78, 5) is 38.7. The van der Waals surface area contributed by atoms with Gasteiger partial charge in [-0.2, -0.15) is 0 Å². The number of alkyl carbamates (subject to hydrolysis) is 1. The van der Waals surface area contributed by atoms with E-state index in [0.29, 0.717) is 30.7 Å². The van der Waals surface area contributed by atoms with Gasteiger partial charge in [-0.3, -0.25) is 14.6 Å². The molecule has 0 fully saturated rings. The minimum Gasteiger partial charge on any atom is -0.511 e. The molecular weight excluding hydrogens is 616 g/mol. The molecule has 1 amide bonds. The Balaban J connectivity index is 0.000000294. The number of carbonyl (C=O) groups is 3. The summed E-state index contributed by atoms with van der Waals surface area (Å²) in [6, 6.07) is 24.2. The van der Waals surface area contributed by atoms with Gasteiger partial charge in [0.25, 0.3) is 0 Å². The highest BCUT2D eigenvalue weighted by Crippen LogP contribution is 2.44. The molecule has 0 aromatic heterocycles. The number of Topliss-reactive ketones (excluding diaryl/α,β-unsaturated/α-hetero) is 1. The Hall–Kier alpha value is -4.72. The molecule has 2 aliphatic carbocycles. The van der Waals surface area contributed by atoms with Crippen LogP contribution in [-0.2, 0) is 20.9 Å². The van der Waals surface area contributed by atoms with Gasteiger partial charge in [0.1, 0.15) is 18.9 Å². The lowest BCUT2D eigenvalue weighted by molar-refractivity contribution is -0.135. The van der Waals surface area contributed by atoms with Crippen molar-refractivity contribution in [3.8, 4) is 11.1 Å². The van der Waals surface area contributed by atoms with E-state index in [1.54, 1.807) is 6.92 Å². The molecule has 0 spiro atoms. The summed E-state index contributed by atoms with van der Waals surface area (Å²) in [5.74, 6) is -0.951. The van der Waals surface area contributed by atoms with Crippen LogP contribution in [0.25, 0.3) is 11.1 Å². The van der Waals surface area contributed by atoms with Gasteiger partial charge in [0.2, 0.25) is 0 Å². The van der Waals surface area contributed by atoms with Crippen LogP contribution in [0.15, 0.2) is 89.1 Å². The molecule has 8 nitrogen and oxygen atoms in total. The number of hydrogen-bond acceptors (Lipinski definition) is 6. The van der Waals surface area contributed by atoms with Gasteiger partial charge in [-0.1, -0.05) is 133 Å². The maximum atomic E-state index is 12.2. The number of amides is 1. The second-order valence-electron chi connectivity index (χ2n) is 12.7. The first-order valence-electron chi connectivity index (χ1n) is 17.2. The summed E-state index contributed by atoms with van der Waals surface area (Å²) in [6.45, 7) is 16.5. The predicted octanol–water partition coefficient (Wildman–Crippen LogP) is 9.60. The zero-order chi connectivity index (χ0) is 36.6. The number of aliphatic hydroxyl groups is 1. The lowest BCUT2D eigenvalue weighted by Gasteiger charge is -2.29. The molecule has 0 aliphatic heterocycles. The van der Waals surface area contributed by atoms with Gasteiger partial charge in [0, 0.05) is 24.5 Å². The topological polar surface area (TPSA) is 125 Å². The molecule has 0 saturated carbocycles. The zero-order valence-electron chi connectivity index (χ0n) is 30.4. The first-order valence-corrected chi connectivity index (χ1v) is 17.2. The summed E-state index contributed by atoms with van der Waals surface area (Å²) in [5, 5.41) is 20.9. The van der Waals surface area contributed by atoms with E-state index in [-0.39, 0.29) is 29.5 Å². The van der Waals surface area contributed by atoms with Crippen molar-refractivity contribution < 1.29 is 29.3 Å². The number of unbranched alkanes of at least 4 members (excludes halogenated alkanes) is 1. The second kappa shape index (κ2) is 19.9. The maximum Gasteiger partial charge on any atom is 0.407 e.